The zero-order chi connectivity index (χ0) is 14.5. The molecule has 114 valence electrons. The van der Waals surface area contributed by atoms with Crippen molar-refractivity contribution in [2.24, 2.45) is 5.92 Å². The zero-order valence-corrected chi connectivity index (χ0v) is 11.9. The number of hydrogen-bond acceptors (Lipinski definition) is 3. The Balaban J connectivity index is 1.60. The minimum atomic E-state index is -0.718. The molecule has 0 aromatic carbocycles. The quantitative estimate of drug-likeness (QED) is 0.714. The first-order chi connectivity index (χ1) is 9.58. The smallest absolute Gasteiger partial charge is 0.315 e. The van der Waals surface area contributed by atoms with E-state index in [0.717, 1.165) is 32.3 Å². The standard InChI is InChI=1S/C14H24N2O4/c1-2-20-12-7-11(8-12)16-14(19)15-10-5-3-9(4-6-10)13(17)18/h9-12H,2-8H2,1H3,(H,17,18)(H2,15,16,19). The second kappa shape index (κ2) is 6.92. The van der Waals surface area contributed by atoms with E-state index in [1.165, 1.54) is 0 Å². The van der Waals surface area contributed by atoms with E-state index in [1.807, 2.05) is 6.92 Å². The number of hydrogen-bond donors (Lipinski definition) is 3. The van der Waals surface area contributed by atoms with Crippen LogP contribution in [0.5, 0.6) is 0 Å². The van der Waals surface area contributed by atoms with Crippen LogP contribution in [0, 0.1) is 5.92 Å². The van der Waals surface area contributed by atoms with Crippen LogP contribution in [0.25, 0.3) is 0 Å². The summed E-state index contributed by atoms with van der Waals surface area (Å²) in [4.78, 5) is 22.7. The van der Waals surface area contributed by atoms with E-state index < -0.39 is 5.97 Å². The average Bonchev–Trinajstić information content (AvgIpc) is 2.37. The molecule has 2 aliphatic rings. The maximum absolute atomic E-state index is 11.8. The molecule has 20 heavy (non-hydrogen) atoms. The molecule has 2 aliphatic carbocycles. The summed E-state index contributed by atoms with van der Waals surface area (Å²) in [6.45, 7) is 2.69. The topological polar surface area (TPSA) is 87.7 Å². The summed E-state index contributed by atoms with van der Waals surface area (Å²) in [5, 5.41) is 14.8. The molecule has 0 aromatic rings. The van der Waals surface area contributed by atoms with Gasteiger partial charge < -0.3 is 20.5 Å². The Morgan fingerprint density at radius 2 is 1.70 bits per heavy atom. The second-order valence-electron chi connectivity index (χ2n) is 5.75. The van der Waals surface area contributed by atoms with E-state index >= 15 is 0 Å². The number of amides is 2. The normalized spacial score (nSPS) is 33.0. The molecular formula is C14H24N2O4. The van der Waals surface area contributed by atoms with E-state index in [1.54, 1.807) is 0 Å². The van der Waals surface area contributed by atoms with Gasteiger partial charge in [0.05, 0.1) is 12.0 Å². The molecule has 2 fully saturated rings. The van der Waals surface area contributed by atoms with Crippen molar-refractivity contribution in [3.05, 3.63) is 0 Å². The third kappa shape index (κ3) is 4.10. The van der Waals surface area contributed by atoms with Crippen molar-refractivity contribution >= 4 is 12.0 Å². The minimum Gasteiger partial charge on any atom is -0.481 e. The lowest BCUT2D eigenvalue weighted by molar-refractivity contribution is -0.142. The molecule has 3 N–H and O–H groups in total. The third-order valence-electron chi connectivity index (χ3n) is 4.24. The van der Waals surface area contributed by atoms with E-state index in [9.17, 15) is 9.59 Å². The van der Waals surface area contributed by atoms with Gasteiger partial charge in [-0.15, -0.1) is 0 Å². The van der Waals surface area contributed by atoms with Crippen LogP contribution in [0.4, 0.5) is 4.79 Å². The summed E-state index contributed by atoms with van der Waals surface area (Å²) in [7, 11) is 0. The Morgan fingerprint density at radius 3 is 2.25 bits per heavy atom. The van der Waals surface area contributed by atoms with E-state index in [2.05, 4.69) is 10.6 Å². The fourth-order valence-corrected chi connectivity index (χ4v) is 2.95. The van der Waals surface area contributed by atoms with E-state index in [0.29, 0.717) is 12.8 Å². The van der Waals surface area contributed by atoms with E-state index in [-0.39, 0.29) is 30.1 Å². The first-order valence-corrected chi connectivity index (χ1v) is 7.50. The molecule has 0 bridgehead atoms. The summed E-state index contributed by atoms with van der Waals surface area (Å²) < 4.78 is 5.45. The first kappa shape index (κ1) is 15.1. The number of carboxylic acids is 1. The van der Waals surface area contributed by atoms with Crippen LogP contribution in [0.1, 0.15) is 45.4 Å². The van der Waals surface area contributed by atoms with Crippen molar-refractivity contribution in [3.63, 3.8) is 0 Å². The van der Waals surface area contributed by atoms with Crippen molar-refractivity contribution in [2.45, 2.75) is 63.6 Å². The Kier molecular flexibility index (Phi) is 5.23. The number of carboxylic acid groups (broad SMARTS) is 1. The van der Waals surface area contributed by atoms with Crippen LogP contribution in [0.2, 0.25) is 0 Å². The van der Waals surface area contributed by atoms with Gasteiger partial charge in [-0.2, -0.15) is 0 Å². The van der Waals surface area contributed by atoms with Crippen molar-refractivity contribution in [1.29, 1.82) is 0 Å². The van der Waals surface area contributed by atoms with Gasteiger partial charge in [-0.3, -0.25) is 4.79 Å². The number of ether oxygens (including phenoxy) is 1. The Labute approximate surface area is 119 Å². The summed E-state index contributed by atoms with van der Waals surface area (Å²) in [6, 6.07) is 0.180. The van der Waals surface area contributed by atoms with Gasteiger partial charge in [-0.25, -0.2) is 4.79 Å². The van der Waals surface area contributed by atoms with E-state index in [4.69, 9.17) is 9.84 Å². The van der Waals surface area contributed by atoms with Gasteiger partial charge in [0.1, 0.15) is 0 Å². The third-order valence-corrected chi connectivity index (χ3v) is 4.24. The molecule has 0 radical (unpaired) electrons. The molecule has 0 aliphatic heterocycles. The number of rotatable bonds is 5. The van der Waals surface area contributed by atoms with Crippen molar-refractivity contribution in [3.8, 4) is 0 Å². The summed E-state index contributed by atoms with van der Waals surface area (Å²) in [6.07, 6.45) is 4.84. The fourth-order valence-electron chi connectivity index (χ4n) is 2.95. The van der Waals surface area contributed by atoms with Crippen LogP contribution in [0.3, 0.4) is 0 Å². The van der Waals surface area contributed by atoms with Crippen molar-refractivity contribution in [1.82, 2.24) is 10.6 Å². The molecule has 2 amide bonds. The lowest BCUT2D eigenvalue weighted by Crippen LogP contribution is -2.53. The van der Waals surface area contributed by atoms with Crippen LogP contribution >= 0.6 is 0 Å². The molecule has 6 nitrogen and oxygen atoms in total. The molecule has 0 atom stereocenters. The predicted octanol–water partition coefficient (Wildman–Crippen LogP) is 1.50. The number of nitrogens with one attached hydrogen (secondary N) is 2. The van der Waals surface area contributed by atoms with Crippen LogP contribution in [-0.2, 0) is 9.53 Å². The second-order valence-corrected chi connectivity index (χ2v) is 5.75. The monoisotopic (exact) mass is 284 g/mol. The molecule has 0 saturated heterocycles. The molecule has 2 saturated carbocycles. The highest BCUT2D eigenvalue weighted by Crippen LogP contribution is 2.25. The largest absolute Gasteiger partial charge is 0.481 e. The summed E-state index contributed by atoms with van der Waals surface area (Å²) in [5.74, 6) is -0.959. The summed E-state index contributed by atoms with van der Waals surface area (Å²) >= 11 is 0. The molecule has 6 heteroatoms. The van der Waals surface area contributed by atoms with Gasteiger partial charge in [-0.05, 0) is 45.4 Å². The number of aliphatic carboxylic acids is 1. The van der Waals surface area contributed by atoms with Crippen LogP contribution in [0.15, 0.2) is 0 Å². The maximum atomic E-state index is 11.8. The number of urea groups is 1. The number of carbonyl (C=O) groups is 2. The highest BCUT2D eigenvalue weighted by Gasteiger charge is 2.32. The Hall–Kier alpha value is -1.30. The van der Waals surface area contributed by atoms with Gasteiger partial charge >= 0.3 is 12.0 Å². The summed E-state index contributed by atoms with van der Waals surface area (Å²) in [5.41, 5.74) is 0. The van der Waals surface area contributed by atoms with Crippen molar-refractivity contribution < 1.29 is 19.4 Å². The van der Waals surface area contributed by atoms with Crippen molar-refractivity contribution in [2.75, 3.05) is 6.61 Å². The molecule has 0 heterocycles. The predicted molar refractivity (Wildman–Crippen MR) is 73.5 cm³/mol. The Bertz CT molecular complexity index is 347. The maximum Gasteiger partial charge on any atom is 0.315 e. The highest BCUT2D eigenvalue weighted by atomic mass is 16.5. The highest BCUT2D eigenvalue weighted by molar-refractivity contribution is 5.75. The van der Waals surface area contributed by atoms with Gasteiger partial charge in [0.25, 0.3) is 0 Å². The van der Waals surface area contributed by atoms with Gasteiger partial charge in [0.15, 0.2) is 0 Å². The minimum absolute atomic E-state index is 0.105. The average molecular weight is 284 g/mol. The molecule has 0 spiro atoms. The fraction of sp³-hybridized carbons (Fsp3) is 0.857. The number of carbonyl (C=O) groups excluding carboxylic acids is 1. The van der Waals surface area contributed by atoms with Gasteiger partial charge in [-0.1, -0.05) is 0 Å². The molecule has 2 rings (SSSR count). The van der Waals surface area contributed by atoms with Crippen LogP contribution < -0.4 is 10.6 Å². The van der Waals surface area contributed by atoms with Gasteiger partial charge in [0, 0.05) is 18.7 Å². The Morgan fingerprint density at radius 1 is 1.10 bits per heavy atom. The lowest BCUT2D eigenvalue weighted by Gasteiger charge is -2.36. The molecule has 0 unspecified atom stereocenters. The van der Waals surface area contributed by atoms with Gasteiger partial charge in [0.2, 0.25) is 0 Å². The zero-order valence-electron chi connectivity index (χ0n) is 11.9. The SMILES string of the molecule is CCOC1CC(NC(=O)NC2CCC(C(=O)O)CC2)C1. The van der Waals surface area contributed by atoms with Crippen LogP contribution in [-0.4, -0.2) is 41.9 Å². The first-order valence-electron chi connectivity index (χ1n) is 7.50. The molecular weight excluding hydrogens is 260 g/mol. The lowest BCUT2D eigenvalue weighted by atomic mass is 9.86. The molecule has 0 aromatic heterocycles.